The minimum atomic E-state index is 0. The lowest BCUT2D eigenvalue weighted by Crippen LogP contribution is -2.41. The maximum atomic E-state index is 11.6. The van der Waals surface area contributed by atoms with Crippen LogP contribution in [0.15, 0.2) is 0 Å². The van der Waals surface area contributed by atoms with Crippen molar-refractivity contribution >= 4 is 18.3 Å². The first-order valence-electron chi connectivity index (χ1n) is 5.92. The molecule has 3 nitrogen and oxygen atoms in total. The fourth-order valence-corrected chi connectivity index (χ4v) is 1.64. The molecule has 1 unspecified atom stereocenters. The quantitative estimate of drug-likeness (QED) is 0.783. The first-order chi connectivity index (χ1) is 6.92. The molecule has 0 aromatic carbocycles. The molecule has 16 heavy (non-hydrogen) atoms. The van der Waals surface area contributed by atoms with Crippen molar-refractivity contribution in [2.45, 2.75) is 52.5 Å². The van der Waals surface area contributed by atoms with Gasteiger partial charge in [0.1, 0.15) is 0 Å². The van der Waals surface area contributed by atoms with E-state index in [2.05, 4.69) is 26.1 Å². The highest BCUT2D eigenvalue weighted by Gasteiger charge is 2.31. The van der Waals surface area contributed by atoms with Crippen LogP contribution in [0.4, 0.5) is 0 Å². The van der Waals surface area contributed by atoms with Crippen molar-refractivity contribution in [3.63, 3.8) is 0 Å². The Hall–Kier alpha value is -0.280. The van der Waals surface area contributed by atoms with E-state index in [4.69, 9.17) is 5.73 Å². The molecule has 0 aromatic rings. The molecule has 0 saturated heterocycles. The zero-order valence-electron chi connectivity index (χ0n) is 10.6. The van der Waals surface area contributed by atoms with Gasteiger partial charge in [0, 0.05) is 19.0 Å². The maximum Gasteiger partial charge on any atom is 0.220 e. The normalized spacial score (nSPS) is 17.5. The van der Waals surface area contributed by atoms with Gasteiger partial charge in [-0.3, -0.25) is 4.79 Å². The number of nitrogens with two attached hydrogens (primary N) is 1. The number of hydrogen-bond acceptors (Lipinski definition) is 2. The molecule has 1 atom stereocenters. The van der Waals surface area contributed by atoms with Crippen molar-refractivity contribution in [1.82, 2.24) is 5.32 Å². The maximum absolute atomic E-state index is 11.6. The summed E-state index contributed by atoms with van der Waals surface area (Å²) in [6.45, 7) is 7.04. The number of rotatable bonds is 5. The third-order valence-corrected chi connectivity index (χ3v) is 2.89. The second-order valence-electron chi connectivity index (χ2n) is 5.81. The average molecular weight is 249 g/mol. The van der Waals surface area contributed by atoms with Crippen LogP contribution in [0, 0.1) is 11.3 Å². The van der Waals surface area contributed by atoms with E-state index >= 15 is 0 Å². The summed E-state index contributed by atoms with van der Waals surface area (Å²) in [5, 5.41) is 3.04. The molecular weight excluding hydrogens is 224 g/mol. The van der Waals surface area contributed by atoms with Crippen molar-refractivity contribution < 1.29 is 4.79 Å². The molecule has 1 saturated carbocycles. The third kappa shape index (κ3) is 6.33. The Morgan fingerprint density at radius 3 is 2.38 bits per heavy atom. The predicted octanol–water partition coefficient (Wildman–Crippen LogP) is 2.09. The van der Waals surface area contributed by atoms with Gasteiger partial charge < -0.3 is 11.1 Å². The van der Waals surface area contributed by atoms with Gasteiger partial charge in [-0.15, -0.1) is 12.4 Å². The van der Waals surface area contributed by atoms with Crippen LogP contribution in [0.3, 0.4) is 0 Å². The monoisotopic (exact) mass is 248 g/mol. The van der Waals surface area contributed by atoms with Gasteiger partial charge in [-0.2, -0.15) is 0 Å². The lowest BCUT2D eigenvalue weighted by atomic mass is 9.90. The van der Waals surface area contributed by atoms with Crippen LogP contribution in [0.2, 0.25) is 0 Å². The van der Waals surface area contributed by atoms with Gasteiger partial charge in [0.25, 0.3) is 0 Å². The predicted molar refractivity (Wildman–Crippen MR) is 69.6 cm³/mol. The highest BCUT2D eigenvalue weighted by atomic mass is 35.5. The fourth-order valence-electron chi connectivity index (χ4n) is 1.64. The van der Waals surface area contributed by atoms with Crippen molar-refractivity contribution in [3.05, 3.63) is 0 Å². The zero-order valence-corrected chi connectivity index (χ0v) is 11.4. The Morgan fingerprint density at radius 1 is 1.44 bits per heavy atom. The van der Waals surface area contributed by atoms with E-state index in [-0.39, 0.29) is 29.8 Å². The number of halogens is 1. The molecule has 0 spiro atoms. The SMILES string of the molecule is CC(C)(C)CCC(=O)NC(CN)C1CC1.Cl. The molecule has 0 bridgehead atoms. The van der Waals surface area contributed by atoms with E-state index in [1.165, 1.54) is 12.8 Å². The van der Waals surface area contributed by atoms with Gasteiger partial charge in [-0.1, -0.05) is 20.8 Å². The molecule has 0 aliphatic heterocycles. The summed E-state index contributed by atoms with van der Waals surface area (Å²) in [6, 6.07) is 0.220. The van der Waals surface area contributed by atoms with Gasteiger partial charge in [0.15, 0.2) is 0 Å². The van der Waals surface area contributed by atoms with Gasteiger partial charge in [0.05, 0.1) is 0 Å². The molecule has 0 heterocycles. The summed E-state index contributed by atoms with van der Waals surface area (Å²) in [6.07, 6.45) is 4.00. The topological polar surface area (TPSA) is 55.1 Å². The first kappa shape index (κ1) is 15.7. The van der Waals surface area contributed by atoms with E-state index in [1.54, 1.807) is 0 Å². The Bertz CT molecular complexity index is 222. The van der Waals surface area contributed by atoms with Crippen molar-refractivity contribution in [2.75, 3.05) is 6.54 Å². The standard InChI is InChI=1S/C12H24N2O.ClH/c1-12(2,3)7-6-11(15)14-10(8-13)9-4-5-9;/h9-10H,4-8,13H2,1-3H3,(H,14,15);1H. The molecule has 0 radical (unpaired) electrons. The number of carbonyl (C=O) groups is 1. The van der Waals surface area contributed by atoms with Gasteiger partial charge in [-0.25, -0.2) is 0 Å². The second kappa shape index (κ2) is 6.45. The number of hydrogen-bond donors (Lipinski definition) is 2. The minimum Gasteiger partial charge on any atom is -0.352 e. The lowest BCUT2D eigenvalue weighted by Gasteiger charge is -2.20. The molecule has 3 N–H and O–H groups in total. The highest BCUT2D eigenvalue weighted by molar-refractivity contribution is 5.85. The smallest absolute Gasteiger partial charge is 0.220 e. The van der Waals surface area contributed by atoms with Crippen LogP contribution in [-0.4, -0.2) is 18.5 Å². The molecule has 96 valence electrons. The van der Waals surface area contributed by atoms with E-state index in [9.17, 15) is 4.79 Å². The Balaban J connectivity index is 0.00000225. The zero-order chi connectivity index (χ0) is 11.5. The molecule has 0 aromatic heterocycles. The van der Waals surface area contributed by atoms with Gasteiger partial charge in [-0.05, 0) is 30.6 Å². The average Bonchev–Trinajstić information content (AvgIpc) is 2.93. The largest absolute Gasteiger partial charge is 0.352 e. The molecule has 1 aliphatic carbocycles. The number of carbonyl (C=O) groups excluding carboxylic acids is 1. The van der Waals surface area contributed by atoms with E-state index in [1.807, 2.05) is 0 Å². The lowest BCUT2D eigenvalue weighted by molar-refractivity contribution is -0.122. The second-order valence-corrected chi connectivity index (χ2v) is 5.81. The van der Waals surface area contributed by atoms with E-state index in [0.717, 1.165) is 6.42 Å². The molecule has 1 amide bonds. The van der Waals surface area contributed by atoms with Crippen molar-refractivity contribution in [3.8, 4) is 0 Å². The molecular formula is C12H25ClN2O. The number of amides is 1. The Kier molecular flexibility index (Phi) is 6.34. The van der Waals surface area contributed by atoms with Crippen LogP contribution in [0.1, 0.15) is 46.5 Å². The molecule has 4 heteroatoms. The summed E-state index contributed by atoms with van der Waals surface area (Å²) in [5.41, 5.74) is 5.86. The molecule has 1 rings (SSSR count). The number of nitrogens with one attached hydrogen (secondary N) is 1. The summed E-state index contributed by atoms with van der Waals surface area (Å²) in [5.74, 6) is 0.806. The van der Waals surface area contributed by atoms with Crippen LogP contribution in [0.25, 0.3) is 0 Å². The third-order valence-electron chi connectivity index (χ3n) is 2.89. The summed E-state index contributed by atoms with van der Waals surface area (Å²) < 4.78 is 0. The van der Waals surface area contributed by atoms with Crippen LogP contribution >= 0.6 is 12.4 Å². The molecule has 1 fully saturated rings. The summed E-state index contributed by atoms with van der Waals surface area (Å²) >= 11 is 0. The summed E-state index contributed by atoms with van der Waals surface area (Å²) in [4.78, 5) is 11.6. The Labute approximate surface area is 105 Å². The first-order valence-corrected chi connectivity index (χ1v) is 5.92. The van der Waals surface area contributed by atoms with Crippen LogP contribution in [-0.2, 0) is 4.79 Å². The highest BCUT2D eigenvalue weighted by Crippen LogP contribution is 2.32. The van der Waals surface area contributed by atoms with Gasteiger partial charge >= 0.3 is 0 Å². The summed E-state index contributed by atoms with van der Waals surface area (Å²) in [7, 11) is 0. The van der Waals surface area contributed by atoms with E-state index in [0.29, 0.717) is 18.9 Å². The van der Waals surface area contributed by atoms with E-state index < -0.39 is 0 Å². The van der Waals surface area contributed by atoms with Crippen LogP contribution in [0.5, 0.6) is 0 Å². The van der Waals surface area contributed by atoms with Gasteiger partial charge in [0.2, 0.25) is 5.91 Å². The fraction of sp³-hybridized carbons (Fsp3) is 0.917. The minimum absolute atomic E-state index is 0. The van der Waals surface area contributed by atoms with Crippen molar-refractivity contribution in [1.29, 1.82) is 0 Å². The molecule has 1 aliphatic rings. The van der Waals surface area contributed by atoms with Crippen molar-refractivity contribution in [2.24, 2.45) is 17.1 Å². The van der Waals surface area contributed by atoms with Crippen LogP contribution < -0.4 is 11.1 Å². The Morgan fingerprint density at radius 2 is 2.00 bits per heavy atom.